The summed E-state index contributed by atoms with van der Waals surface area (Å²) in [6.07, 6.45) is 0.124. The topological polar surface area (TPSA) is 66.9 Å². The molecule has 0 aromatic heterocycles. The number of hydrogen-bond acceptors (Lipinski definition) is 4. The first kappa shape index (κ1) is 14.0. The monoisotopic (exact) mass is 284 g/mol. The fourth-order valence-corrected chi connectivity index (χ4v) is 3.22. The highest BCUT2D eigenvalue weighted by Crippen LogP contribution is 2.20. The van der Waals surface area contributed by atoms with E-state index in [0.29, 0.717) is 0 Å². The van der Waals surface area contributed by atoms with Crippen molar-refractivity contribution in [2.45, 2.75) is 18.2 Å². The van der Waals surface area contributed by atoms with E-state index in [1.54, 1.807) is 24.3 Å². The molecule has 1 aliphatic rings. The van der Waals surface area contributed by atoms with Gasteiger partial charge in [-0.25, -0.2) is 13.5 Å². The van der Waals surface area contributed by atoms with Gasteiger partial charge in [0.1, 0.15) is 6.67 Å². The molecule has 19 heavy (non-hydrogen) atoms. The standard InChI is InChI=1S/C12H16N2O4S/c1-10-3-5-11(6-4-10)19(16,17)13-8-7-12(15)14(9-13)18-2/h3-6H,7-9H2,1-2H3. The molecule has 0 N–H and O–H groups in total. The Balaban J connectivity index is 2.25. The van der Waals surface area contributed by atoms with Crippen LogP contribution in [0.15, 0.2) is 29.2 Å². The molecular formula is C12H16N2O4S. The number of benzene rings is 1. The summed E-state index contributed by atoms with van der Waals surface area (Å²) in [4.78, 5) is 16.5. The molecule has 1 amide bonds. The normalized spacial score (nSPS) is 17.8. The summed E-state index contributed by atoms with van der Waals surface area (Å²) in [5.74, 6) is -0.210. The van der Waals surface area contributed by atoms with Gasteiger partial charge >= 0.3 is 0 Å². The maximum Gasteiger partial charge on any atom is 0.248 e. The first-order valence-electron chi connectivity index (χ1n) is 5.86. The van der Waals surface area contributed by atoms with Gasteiger partial charge < -0.3 is 0 Å². The van der Waals surface area contributed by atoms with E-state index in [4.69, 9.17) is 4.84 Å². The summed E-state index contributed by atoms with van der Waals surface area (Å²) in [7, 11) is -2.24. The minimum absolute atomic E-state index is 0.0778. The Labute approximate surface area is 112 Å². The number of nitrogens with zero attached hydrogens (tertiary/aromatic N) is 2. The number of carbonyl (C=O) groups excluding carboxylic acids is 1. The molecule has 1 aromatic rings. The summed E-state index contributed by atoms with van der Waals surface area (Å²) >= 11 is 0. The molecule has 0 bridgehead atoms. The maximum atomic E-state index is 12.4. The van der Waals surface area contributed by atoms with Crippen LogP contribution in [-0.2, 0) is 19.7 Å². The highest BCUT2D eigenvalue weighted by molar-refractivity contribution is 7.89. The lowest BCUT2D eigenvalue weighted by Crippen LogP contribution is -2.49. The van der Waals surface area contributed by atoms with Crippen LogP contribution in [0.25, 0.3) is 0 Å². The molecule has 1 heterocycles. The molecule has 0 aliphatic carbocycles. The van der Waals surface area contributed by atoms with E-state index in [1.165, 1.54) is 11.4 Å². The SMILES string of the molecule is CON1CN(S(=O)(=O)c2ccc(C)cc2)CCC1=O. The molecule has 0 radical (unpaired) electrons. The summed E-state index contributed by atoms with van der Waals surface area (Å²) in [5.41, 5.74) is 0.992. The van der Waals surface area contributed by atoms with Crippen LogP contribution < -0.4 is 0 Å². The van der Waals surface area contributed by atoms with Crippen LogP contribution in [0.1, 0.15) is 12.0 Å². The quantitative estimate of drug-likeness (QED) is 0.821. The van der Waals surface area contributed by atoms with Crippen LogP contribution >= 0.6 is 0 Å². The Morgan fingerprint density at radius 1 is 1.21 bits per heavy atom. The molecule has 1 saturated heterocycles. The first-order chi connectivity index (χ1) is 8.95. The van der Waals surface area contributed by atoms with E-state index in [1.807, 2.05) is 6.92 Å². The Kier molecular flexibility index (Phi) is 3.88. The number of amides is 1. The summed E-state index contributed by atoms with van der Waals surface area (Å²) in [6, 6.07) is 6.63. The molecule has 1 aliphatic heterocycles. The zero-order chi connectivity index (χ0) is 14.0. The van der Waals surface area contributed by atoms with Gasteiger partial charge in [-0.05, 0) is 19.1 Å². The largest absolute Gasteiger partial charge is 0.273 e. The van der Waals surface area contributed by atoms with Gasteiger partial charge in [0.15, 0.2) is 0 Å². The highest BCUT2D eigenvalue weighted by Gasteiger charge is 2.32. The van der Waals surface area contributed by atoms with Gasteiger partial charge in [0.05, 0.1) is 12.0 Å². The van der Waals surface area contributed by atoms with Crippen molar-refractivity contribution in [1.29, 1.82) is 0 Å². The van der Waals surface area contributed by atoms with Crippen LogP contribution in [0.5, 0.6) is 0 Å². The van der Waals surface area contributed by atoms with Crippen LogP contribution in [0.2, 0.25) is 0 Å². The van der Waals surface area contributed by atoms with Crippen LogP contribution in [-0.4, -0.2) is 44.0 Å². The van der Waals surface area contributed by atoms with Crippen molar-refractivity contribution in [2.24, 2.45) is 0 Å². The predicted octanol–water partition coefficient (Wildman–Crippen LogP) is 0.737. The fraction of sp³-hybridized carbons (Fsp3) is 0.417. The maximum absolute atomic E-state index is 12.4. The molecule has 2 rings (SSSR count). The number of sulfonamides is 1. The van der Waals surface area contributed by atoms with Crippen molar-refractivity contribution >= 4 is 15.9 Å². The van der Waals surface area contributed by atoms with Gasteiger partial charge in [-0.1, -0.05) is 17.7 Å². The second-order valence-corrected chi connectivity index (χ2v) is 6.28. The third-order valence-corrected chi connectivity index (χ3v) is 4.86. The molecule has 0 spiro atoms. The van der Waals surface area contributed by atoms with Crippen LogP contribution in [0.3, 0.4) is 0 Å². The van der Waals surface area contributed by atoms with E-state index in [9.17, 15) is 13.2 Å². The van der Waals surface area contributed by atoms with Crippen molar-refractivity contribution < 1.29 is 18.0 Å². The lowest BCUT2D eigenvalue weighted by atomic mass is 10.2. The Morgan fingerprint density at radius 2 is 1.84 bits per heavy atom. The predicted molar refractivity (Wildman–Crippen MR) is 68.4 cm³/mol. The molecule has 1 aromatic carbocycles. The Hall–Kier alpha value is -1.44. The molecule has 6 nitrogen and oxygen atoms in total. The van der Waals surface area contributed by atoms with E-state index in [-0.39, 0.29) is 30.4 Å². The fourth-order valence-electron chi connectivity index (χ4n) is 1.85. The summed E-state index contributed by atoms with van der Waals surface area (Å²) < 4.78 is 26.0. The molecule has 0 unspecified atom stereocenters. The second kappa shape index (κ2) is 5.28. The highest BCUT2D eigenvalue weighted by atomic mass is 32.2. The number of hydroxylamine groups is 2. The summed E-state index contributed by atoms with van der Waals surface area (Å²) in [5, 5.41) is 1.05. The number of rotatable bonds is 3. The average molecular weight is 284 g/mol. The van der Waals surface area contributed by atoms with E-state index < -0.39 is 10.0 Å². The summed E-state index contributed by atoms with van der Waals surface area (Å²) in [6.45, 7) is 1.99. The molecule has 0 saturated carbocycles. The van der Waals surface area contributed by atoms with Gasteiger partial charge in [-0.2, -0.15) is 4.31 Å². The van der Waals surface area contributed by atoms with Crippen LogP contribution in [0.4, 0.5) is 0 Å². The number of hydrogen-bond donors (Lipinski definition) is 0. The first-order valence-corrected chi connectivity index (χ1v) is 7.30. The zero-order valence-electron chi connectivity index (χ0n) is 10.9. The molecular weight excluding hydrogens is 268 g/mol. The second-order valence-electron chi connectivity index (χ2n) is 4.34. The van der Waals surface area contributed by atoms with Gasteiger partial charge in [0.2, 0.25) is 15.9 Å². The lowest BCUT2D eigenvalue weighted by Gasteiger charge is -2.32. The van der Waals surface area contributed by atoms with Crippen LogP contribution in [0, 0.1) is 6.92 Å². The van der Waals surface area contributed by atoms with Crippen molar-refractivity contribution in [3.63, 3.8) is 0 Å². The molecule has 104 valence electrons. The smallest absolute Gasteiger partial charge is 0.248 e. The minimum Gasteiger partial charge on any atom is -0.273 e. The van der Waals surface area contributed by atoms with Crippen molar-refractivity contribution in [3.05, 3.63) is 29.8 Å². The van der Waals surface area contributed by atoms with E-state index in [0.717, 1.165) is 10.6 Å². The van der Waals surface area contributed by atoms with Gasteiger partial charge in [0.25, 0.3) is 0 Å². The zero-order valence-corrected chi connectivity index (χ0v) is 11.7. The third kappa shape index (κ3) is 2.78. The van der Waals surface area contributed by atoms with Gasteiger partial charge in [-0.15, -0.1) is 0 Å². The third-order valence-electron chi connectivity index (χ3n) is 3.02. The number of aryl methyl sites for hydroxylation is 1. The van der Waals surface area contributed by atoms with Gasteiger partial charge in [-0.3, -0.25) is 9.63 Å². The molecule has 7 heteroatoms. The van der Waals surface area contributed by atoms with Crippen molar-refractivity contribution in [3.8, 4) is 0 Å². The van der Waals surface area contributed by atoms with Gasteiger partial charge in [0, 0.05) is 13.0 Å². The molecule has 1 fully saturated rings. The lowest BCUT2D eigenvalue weighted by molar-refractivity contribution is -0.189. The Bertz CT molecular complexity index is 568. The average Bonchev–Trinajstić information content (AvgIpc) is 2.39. The Morgan fingerprint density at radius 3 is 2.42 bits per heavy atom. The molecule has 0 atom stereocenters. The number of carbonyl (C=O) groups is 1. The minimum atomic E-state index is -3.59. The van der Waals surface area contributed by atoms with Crippen molar-refractivity contribution in [1.82, 2.24) is 9.37 Å². The van der Waals surface area contributed by atoms with E-state index in [2.05, 4.69) is 0 Å². The van der Waals surface area contributed by atoms with Crippen molar-refractivity contribution in [2.75, 3.05) is 20.3 Å². The van der Waals surface area contributed by atoms with E-state index >= 15 is 0 Å².